The number of halogens is 2. The maximum Gasteiger partial charge on any atom is 0.268 e. The minimum Gasteiger partial charge on any atom is -0.317 e. The van der Waals surface area contributed by atoms with Gasteiger partial charge in [0.2, 0.25) is 5.13 Å². The quantitative estimate of drug-likeness (QED) is 0.438. The number of benzene rings is 1. The summed E-state index contributed by atoms with van der Waals surface area (Å²) >= 11 is 13.3. The highest BCUT2D eigenvalue weighted by Gasteiger charge is 2.15. The van der Waals surface area contributed by atoms with Crippen molar-refractivity contribution in [3.63, 3.8) is 0 Å². The summed E-state index contributed by atoms with van der Waals surface area (Å²) in [6, 6.07) is 10.7. The molecule has 2 heterocycles. The number of nitrogens with one attached hydrogen (secondary N) is 1. The second kappa shape index (κ2) is 8.57. The predicted octanol–water partition coefficient (Wildman–Crippen LogP) is 5.30. The molecule has 0 bridgehead atoms. The van der Waals surface area contributed by atoms with E-state index in [4.69, 9.17) is 23.2 Å². The van der Waals surface area contributed by atoms with Gasteiger partial charge in [-0.2, -0.15) is 5.26 Å². The predicted molar refractivity (Wildman–Crippen MR) is 112 cm³/mol. The molecule has 0 radical (unpaired) electrons. The van der Waals surface area contributed by atoms with Crippen LogP contribution in [-0.4, -0.2) is 20.7 Å². The summed E-state index contributed by atoms with van der Waals surface area (Å²) in [7, 11) is 0. The van der Waals surface area contributed by atoms with Crippen molar-refractivity contribution in [2.75, 3.05) is 5.32 Å². The van der Waals surface area contributed by atoms with Crippen LogP contribution < -0.4 is 5.32 Å². The fourth-order valence-electron chi connectivity index (χ4n) is 2.36. The first-order chi connectivity index (χ1) is 13.4. The molecule has 28 heavy (non-hydrogen) atoms. The summed E-state index contributed by atoms with van der Waals surface area (Å²) in [5.41, 5.74) is 1.35. The standard InChI is InChI=1S/C19H15Cl2N5OS/c1-11(2)18-24-25-19(28-18)23-17(27)12(10-22)8-13-4-3-7-26(13)14-5-6-15(20)16(21)9-14/h3-9,11H,1-2H3,(H,23,25,27). The first-order valence-electron chi connectivity index (χ1n) is 8.28. The van der Waals surface area contributed by atoms with E-state index < -0.39 is 5.91 Å². The van der Waals surface area contributed by atoms with Crippen molar-refractivity contribution >= 4 is 51.7 Å². The minimum absolute atomic E-state index is 0.0543. The molecular formula is C19H15Cl2N5OS. The normalized spacial score (nSPS) is 11.5. The second-order valence-corrected chi connectivity index (χ2v) is 7.95. The number of nitrogens with zero attached hydrogens (tertiary/aromatic N) is 4. The van der Waals surface area contributed by atoms with E-state index in [0.29, 0.717) is 20.9 Å². The zero-order valence-corrected chi connectivity index (χ0v) is 17.3. The van der Waals surface area contributed by atoms with E-state index in [2.05, 4.69) is 15.5 Å². The summed E-state index contributed by atoms with van der Waals surface area (Å²) in [5.74, 6) is -0.334. The van der Waals surface area contributed by atoms with Crippen LogP contribution in [0.5, 0.6) is 0 Å². The van der Waals surface area contributed by atoms with Gasteiger partial charge in [0.1, 0.15) is 16.6 Å². The van der Waals surface area contributed by atoms with Crippen molar-refractivity contribution in [3.8, 4) is 11.8 Å². The van der Waals surface area contributed by atoms with Gasteiger partial charge in [0.15, 0.2) is 0 Å². The Morgan fingerprint density at radius 1 is 1.29 bits per heavy atom. The Hall–Kier alpha value is -2.66. The summed E-state index contributed by atoms with van der Waals surface area (Å²) in [5, 5.41) is 22.1. The minimum atomic E-state index is -0.546. The molecule has 0 aliphatic rings. The van der Waals surface area contributed by atoms with Crippen molar-refractivity contribution in [2.45, 2.75) is 19.8 Å². The first-order valence-corrected chi connectivity index (χ1v) is 9.85. The molecule has 9 heteroatoms. The highest BCUT2D eigenvalue weighted by molar-refractivity contribution is 7.15. The number of carbonyl (C=O) groups is 1. The molecule has 0 atom stereocenters. The van der Waals surface area contributed by atoms with Crippen LogP contribution in [0.2, 0.25) is 10.0 Å². The van der Waals surface area contributed by atoms with E-state index >= 15 is 0 Å². The molecule has 1 amide bonds. The van der Waals surface area contributed by atoms with Crippen molar-refractivity contribution in [1.82, 2.24) is 14.8 Å². The zero-order chi connectivity index (χ0) is 20.3. The fourth-order valence-corrected chi connectivity index (χ4v) is 3.39. The first kappa shape index (κ1) is 20.1. The van der Waals surface area contributed by atoms with Crippen LogP contribution in [0.15, 0.2) is 42.1 Å². The number of hydrogen-bond acceptors (Lipinski definition) is 5. The number of anilines is 1. The van der Waals surface area contributed by atoms with Gasteiger partial charge in [-0.25, -0.2) is 0 Å². The van der Waals surface area contributed by atoms with Gasteiger partial charge in [-0.05, 0) is 36.4 Å². The molecule has 142 valence electrons. The van der Waals surface area contributed by atoms with E-state index in [1.54, 1.807) is 41.1 Å². The number of rotatable bonds is 5. The van der Waals surface area contributed by atoms with Crippen LogP contribution >= 0.6 is 34.5 Å². The molecule has 0 unspecified atom stereocenters. The molecule has 2 aromatic heterocycles. The average Bonchev–Trinajstić information content (AvgIpc) is 3.31. The molecule has 3 aromatic rings. The van der Waals surface area contributed by atoms with Gasteiger partial charge in [-0.3, -0.25) is 10.1 Å². The van der Waals surface area contributed by atoms with E-state index in [1.165, 1.54) is 17.4 Å². The van der Waals surface area contributed by atoms with E-state index in [-0.39, 0.29) is 11.5 Å². The van der Waals surface area contributed by atoms with Crippen LogP contribution in [0.4, 0.5) is 5.13 Å². The van der Waals surface area contributed by atoms with Crippen LogP contribution in [0.1, 0.15) is 30.5 Å². The van der Waals surface area contributed by atoms with E-state index in [1.807, 2.05) is 19.9 Å². The smallest absolute Gasteiger partial charge is 0.268 e. The molecule has 0 fully saturated rings. The average molecular weight is 432 g/mol. The maximum atomic E-state index is 12.5. The molecule has 0 aliphatic heterocycles. The summed E-state index contributed by atoms with van der Waals surface area (Å²) < 4.78 is 1.80. The Balaban J connectivity index is 1.86. The van der Waals surface area contributed by atoms with Gasteiger partial charge in [0.25, 0.3) is 5.91 Å². The lowest BCUT2D eigenvalue weighted by Crippen LogP contribution is -2.13. The molecule has 6 nitrogen and oxygen atoms in total. The molecule has 0 saturated heterocycles. The molecule has 1 aromatic carbocycles. The van der Waals surface area contributed by atoms with Gasteiger partial charge in [0, 0.05) is 23.5 Å². The van der Waals surface area contributed by atoms with Crippen molar-refractivity contribution in [3.05, 3.63) is 62.8 Å². The Morgan fingerprint density at radius 3 is 2.71 bits per heavy atom. The molecular weight excluding hydrogens is 417 g/mol. The summed E-state index contributed by atoms with van der Waals surface area (Å²) in [4.78, 5) is 12.5. The van der Waals surface area contributed by atoms with Gasteiger partial charge < -0.3 is 4.57 Å². The highest BCUT2D eigenvalue weighted by atomic mass is 35.5. The summed E-state index contributed by atoms with van der Waals surface area (Å²) in [6.45, 7) is 3.98. The third-order valence-corrected chi connectivity index (χ3v) is 5.65. The molecule has 0 saturated carbocycles. The molecule has 1 N–H and O–H groups in total. The highest BCUT2D eigenvalue weighted by Crippen LogP contribution is 2.26. The van der Waals surface area contributed by atoms with Crippen LogP contribution in [0.3, 0.4) is 0 Å². The Morgan fingerprint density at radius 2 is 2.07 bits per heavy atom. The number of hydrogen-bond donors (Lipinski definition) is 1. The number of aromatic nitrogens is 3. The molecule has 0 aliphatic carbocycles. The Bertz CT molecular complexity index is 1090. The van der Waals surface area contributed by atoms with E-state index in [0.717, 1.165) is 10.7 Å². The van der Waals surface area contributed by atoms with E-state index in [9.17, 15) is 10.1 Å². The third kappa shape index (κ3) is 4.42. The van der Waals surface area contributed by atoms with Crippen LogP contribution in [-0.2, 0) is 4.79 Å². The molecule has 0 spiro atoms. The van der Waals surface area contributed by atoms with Gasteiger partial charge in [-0.15, -0.1) is 10.2 Å². The van der Waals surface area contributed by atoms with Crippen molar-refractivity contribution in [2.24, 2.45) is 0 Å². The van der Waals surface area contributed by atoms with Gasteiger partial charge in [0.05, 0.1) is 10.0 Å². The van der Waals surface area contributed by atoms with Gasteiger partial charge >= 0.3 is 0 Å². The zero-order valence-electron chi connectivity index (χ0n) is 15.0. The Kier molecular flexibility index (Phi) is 6.15. The lowest BCUT2D eigenvalue weighted by Gasteiger charge is -2.08. The number of nitriles is 1. The largest absolute Gasteiger partial charge is 0.317 e. The third-order valence-electron chi connectivity index (χ3n) is 3.77. The number of carbonyl (C=O) groups excluding carboxylic acids is 1. The molecule has 3 rings (SSSR count). The topological polar surface area (TPSA) is 83.6 Å². The maximum absolute atomic E-state index is 12.5. The SMILES string of the molecule is CC(C)c1nnc(NC(=O)C(C#N)=Cc2cccn2-c2ccc(Cl)c(Cl)c2)s1. The fraction of sp³-hybridized carbons (Fsp3) is 0.158. The lowest BCUT2D eigenvalue weighted by molar-refractivity contribution is -0.112. The number of amides is 1. The summed E-state index contributed by atoms with van der Waals surface area (Å²) in [6.07, 6.45) is 3.31. The van der Waals surface area contributed by atoms with Gasteiger partial charge in [-0.1, -0.05) is 48.4 Å². The van der Waals surface area contributed by atoms with Crippen LogP contribution in [0, 0.1) is 11.3 Å². The van der Waals surface area contributed by atoms with Crippen molar-refractivity contribution < 1.29 is 4.79 Å². The Labute approximate surface area is 176 Å². The van der Waals surface area contributed by atoms with Crippen molar-refractivity contribution in [1.29, 1.82) is 5.26 Å². The lowest BCUT2D eigenvalue weighted by atomic mass is 10.2. The van der Waals surface area contributed by atoms with Crippen LogP contribution in [0.25, 0.3) is 11.8 Å². The monoisotopic (exact) mass is 431 g/mol. The second-order valence-electron chi connectivity index (χ2n) is 6.13.